The smallest absolute Gasteiger partial charge is 0.153 e. The van der Waals surface area contributed by atoms with E-state index in [9.17, 15) is 0 Å². The van der Waals surface area contributed by atoms with Gasteiger partial charge in [-0.25, -0.2) is 0 Å². The van der Waals surface area contributed by atoms with Gasteiger partial charge in [0.2, 0.25) is 0 Å². The summed E-state index contributed by atoms with van der Waals surface area (Å²) < 4.78 is 1.96. The zero-order chi connectivity index (χ0) is 9.26. The molecule has 0 radical (unpaired) electrons. The Balaban J connectivity index is 2.22. The van der Waals surface area contributed by atoms with Crippen LogP contribution in [0.2, 0.25) is 0 Å². The fourth-order valence-electron chi connectivity index (χ4n) is 1.41. The van der Waals surface area contributed by atoms with Gasteiger partial charge in [0.1, 0.15) is 12.2 Å². The molecule has 1 aromatic carbocycles. The normalized spacial score (nSPS) is 16.2. The topological polar surface area (TPSA) is 18.6 Å². The van der Waals surface area contributed by atoms with E-state index in [1.54, 1.807) is 0 Å². The van der Waals surface area contributed by atoms with Crippen LogP contribution in [0.1, 0.15) is 5.56 Å². The van der Waals surface area contributed by atoms with Gasteiger partial charge in [-0.2, -0.15) is 4.70 Å². The predicted molar refractivity (Wildman–Crippen MR) is 52.0 cm³/mol. The van der Waals surface area contributed by atoms with Gasteiger partial charge in [0, 0.05) is 0 Å². The molecule has 1 aliphatic heterocycles. The van der Waals surface area contributed by atoms with Crippen molar-refractivity contribution in [3.05, 3.63) is 29.8 Å². The van der Waals surface area contributed by atoms with E-state index in [2.05, 4.69) is 36.4 Å². The van der Waals surface area contributed by atoms with E-state index >= 15 is 0 Å². The molecule has 68 valence electrons. The van der Waals surface area contributed by atoms with Gasteiger partial charge in [0.25, 0.3) is 0 Å². The summed E-state index contributed by atoms with van der Waals surface area (Å²) in [5, 5.41) is 6.38. The summed E-state index contributed by atoms with van der Waals surface area (Å²) in [5.41, 5.74) is 2.46. The molecular formula is C10H14N3+. The molecule has 0 spiro atoms. The first kappa shape index (κ1) is 8.23. The highest BCUT2D eigenvalue weighted by Crippen LogP contribution is 2.17. The van der Waals surface area contributed by atoms with Crippen LogP contribution in [-0.2, 0) is 0 Å². The predicted octanol–water partition coefficient (Wildman–Crippen LogP) is 1.82. The lowest BCUT2D eigenvalue weighted by molar-refractivity contribution is -0.550. The summed E-state index contributed by atoms with van der Waals surface area (Å²) in [4.78, 5) is 0. The minimum atomic E-state index is 0.986. The highest BCUT2D eigenvalue weighted by Gasteiger charge is 2.20. The van der Waals surface area contributed by atoms with Crippen LogP contribution in [0.25, 0.3) is 0 Å². The van der Waals surface area contributed by atoms with Crippen molar-refractivity contribution >= 4 is 5.69 Å². The molecule has 0 aromatic heterocycles. The maximum atomic E-state index is 4.36. The molecule has 0 N–H and O–H groups in total. The number of likely N-dealkylation sites (N-methyl/N-ethyl adjacent to an activating group) is 1. The fourth-order valence-corrected chi connectivity index (χ4v) is 1.41. The average molecular weight is 176 g/mol. The van der Waals surface area contributed by atoms with Gasteiger partial charge in [-0.15, -0.1) is 5.01 Å². The van der Waals surface area contributed by atoms with Crippen molar-refractivity contribution < 1.29 is 4.70 Å². The second-order valence-electron chi connectivity index (χ2n) is 3.43. The fraction of sp³-hybridized carbons (Fsp3) is 0.400. The average Bonchev–Trinajstić information content (AvgIpc) is 2.53. The third kappa shape index (κ3) is 1.69. The van der Waals surface area contributed by atoms with Crippen LogP contribution in [0, 0.1) is 6.92 Å². The summed E-state index contributed by atoms with van der Waals surface area (Å²) in [6.07, 6.45) is 0. The first-order chi connectivity index (χ1) is 6.25. The van der Waals surface area contributed by atoms with Crippen LogP contribution in [-0.4, -0.2) is 24.8 Å². The Kier molecular flexibility index (Phi) is 2.00. The molecule has 0 saturated heterocycles. The highest BCUT2D eigenvalue weighted by molar-refractivity contribution is 5.46. The Morgan fingerprint density at radius 3 is 2.54 bits per heavy atom. The van der Waals surface area contributed by atoms with Crippen LogP contribution in [0.3, 0.4) is 0 Å². The highest BCUT2D eigenvalue weighted by atomic mass is 15.6. The van der Waals surface area contributed by atoms with Crippen molar-refractivity contribution in [2.45, 2.75) is 6.92 Å². The Labute approximate surface area is 78.3 Å². The van der Waals surface area contributed by atoms with Crippen molar-refractivity contribution in [1.82, 2.24) is 0 Å². The van der Waals surface area contributed by atoms with E-state index in [1.165, 1.54) is 11.3 Å². The molecule has 3 heteroatoms. The molecule has 0 amide bonds. The maximum Gasteiger partial charge on any atom is 0.153 e. The van der Waals surface area contributed by atoms with E-state index < -0.39 is 0 Å². The summed E-state index contributed by atoms with van der Waals surface area (Å²) in [6, 6.07) is 8.45. The van der Waals surface area contributed by atoms with Crippen LogP contribution in [0.5, 0.6) is 0 Å². The second-order valence-corrected chi connectivity index (χ2v) is 3.43. The molecule has 3 nitrogen and oxygen atoms in total. The first-order valence-electron chi connectivity index (χ1n) is 4.52. The van der Waals surface area contributed by atoms with Gasteiger partial charge in [-0.3, -0.25) is 0 Å². The molecule has 1 aliphatic rings. The lowest BCUT2D eigenvalue weighted by Gasteiger charge is -2.02. The molecule has 13 heavy (non-hydrogen) atoms. The standard InChI is InChI=1S/C10H14N3/c1-9-3-5-10(6-4-9)13-8-7-12(2)11-13/h3-6H,7-8H2,1-2H3/q+1. The van der Waals surface area contributed by atoms with E-state index in [0.29, 0.717) is 0 Å². The molecule has 0 fully saturated rings. The van der Waals surface area contributed by atoms with Gasteiger partial charge < -0.3 is 0 Å². The molecule has 0 bridgehead atoms. The van der Waals surface area contributed by atoms with E-state index in [4.69, 9.17) is 0 Å². The van der Waals surface area contributed by atoms with E-state index in [0.717, 1.165) is 13.1 Å². The largest absolute Gasteiger partial charge is 0.168 e. The second kappa shape index (κ2) is 3.17. The molecule has 0 aliphatic carbocycles. The molecule has 1 heterocycles. The molecule has 0 saturated carbocycles. The summed E-state index contributed by atoms with van der Waals surface area (Å²) in [6.45, 7) is 4.09. The SMILES string of the molecule is Cc1ccc(N2CC[N+](C)=N2)cc1. The van der Waals surface area contributed by atoms with Crippen LogP contribution < -0.4 is 5.01 Å². The first-order valence-corrected chi connectivity index (χ1v) is 4.52. The molecule has 2 rings (SSSR count). The third-order valence-electron chi connectivity index (χ3n) is 2.23. The van der Waals surface area contributed by atoms with Gasteiger partial charge in [0.05, 0.1) is 12.3 Å². The van der Waals surface area contributed by atoms with E-state index in [1.807, 2.05) is 16.8 Å². The minimum Gasteiger partial charge on any atom is -0.168 e. The van der Waals surface area contributed by atoms with Crippen molar-refractivity contribution in [3.8, 4) is 0 Å². The van der Waals surface area contributed by atoms with Crippen LogP contribution in [0.15, 0.2) is 29.5 Å². The van der Waals surface area contributed by atoms with Crippen molar-refractivity contribution in [3.63, 3.8) is 0 Å². The Morgan fingerprint density at radius 2 is 2.00 bits per heavy atom. The minimum absolute atomic E-state index is 0.986. The number of nitrogens with zero attached hydrogens (tertiary/aromatic N) is 3. The van der Waals surface area contributed by atoms with E-state index in [-0.39, 0.29) is 0 Å². The summed E-state index contributed by atoms with van der Waals surface area (Å²) in [5.74, 6) is 0. The quantitative estimate of drug-likeness (QED) is 0.597. The molecule has 0 unspecified atom stereocenters. The van der Waals surface area contributed by atoms with Crippen LogP contribution in [0.4, 0.5) is 5.69 Å². The van der Waals surface area contributed by atoms with Gasteiger partial charge in [0.15, 0.2) is 6.54 Å². The van der Waals surface area contributed by atoms with Crippen LogP contribution >= 0.6 is 0 Å². The number of aryl methyl sites for hydroxylation is 1. The number of hydrogen-bond acceptors (Lipinski definition) is 2. The summed E-state index contributed by atoms with van der Waals surface area (Å²) in [7, 11) is 1.99. The van der Waals surface area contributed by atoms with Crippen molar-refractivity contribution in [2.24, 2.45) is 5.22 Å². The summed E-state index contributed by atoms with van der Waals surface area (Å²) >= 11 is 0. The number of anilines is 1. The molecule has 1 aromatic rings. The Hall–Kier alpha value is -1.38. The lowest BCUT2D eigenvalue weighted by Crippen LogP contribution is -2.13. The van der Waals surface area contributed by atoms with Crippen molar-refractivity contribution in [1.29, 1.82) is 0 Å². The number of hydrogen-bond donors (Lipinski definition) is 0. The zero-order valence-corrected chi connectivity index (χ0v) is 8.07. The maximum absolute atomic E-state index is 4.36. The lowest BCUT2D eigenvalue weighted by atomic mass is 10.2. The van der Waals surface area contributed by atoms with Crippen molar-refractivity contribution in [2.75, 3.05) is 25.1 Å². The van der Waals surface area contributed by atoms with Gasteiger partial charge in [-0.05, 0) is 19.1 Å². The molecule has 0 atom stereocenters. The third-order valence-corrected chi connectivity index (χ3v) is 2.23. The number of benzene rings is 1. The Bertz CT molecular complexity index is 327. The monoisotopic (exact) mass is 176 g/mol. The zero-order valence-electron chi connectivity index (χ0n) is 8.07. The number of rotatable bonds is 1. The Morgan fingerprint density at radius 1 is 1.31 bits per heavy atom. The molecular weight excluding hydrogens is 162 g/mol. The van der Waals surface area contributed by atoms with Gasteiger partial charge >= 0.3 is 0 Å². The van der Waals surface area contributed by atoms with Gasteiger partial charge in [-0.1, -0.05) is 17.7 Å².